The molecular weight excluding hydrogens is 260 g/mol. The van der Waals surface area contributed by atoms with E-state index < -0.39 is 6.10 Å². The van der Waals surface area contributed by atoms with Crippen molar-refractivity contribution in [1.29, 1.82) is 0 Å². The molecule has 0 aliphatic carbocycles. The molecule has 0 saturated heterocycles. The maximum Gasteiger partial charge on any atom is 0.104 e. The van der Waals surface area contributed by atoms with Gasteiger partial charge in [-0.05, 0) is 12.0 Å². The molecule has 2 aromatic rings. The second-order valence-electron chi connectivity index (χ2n) is 4.75. The molecule has 3 nitrogen and oxygen atoms in total. The van der Waals surface area contributed by atoms with E-state index in [9.17, 15) is 5.11 Å². The molecule has 19 heavy (non-hydrogen) atoms. The van der Waals surface area contributed by atoms with Crippen molar-refractivity contribution in [2.75, 3.05) is 0 Å². The second kappa shape index (κ2) is 6.22. The maximum atomic E-state index is 10.6. The van der Waals surface area contributed by atoms with Crippen LogP contribution in [0.3, 0.4) is 0 Å². The molecule has 1 N–H and O–H groups in total. The van der Waals surface area contributed by atoms with Crippen molar-refractivity contribution in [2.45, 2.75) is 38.8 Å². The Kier molecular flexibility index (Phi) is 4.61. The van der Waals surface area contributed by atoms with Crippen molar-refractivity contribution in [1.82, 2.24) is 9.78 Å². The van der Waals surface area contributed by atoms with Gasteiger partial charge in [-0.15, -0.1) is 0 Å². The minimum atomic E-state index is -0.649. The summed E-state index contributed by atoms with van der Waals surface area (Å²) < 4.78 is 1.80. The summed E-state index contributed by atoms with van der Waals surface area (Å²) in [4.78, 5) is 0. The fourth-order valence-electron chi connectivity index (χ4n) is 2.23. The molecule has 4 heteroatoms. The molecule has 0 aliphatic heterocycles. The lowest BCUT2D eigenvalue weighted by atomic mass is 9.93. The van der Waals surface area contributed by atoms with Crippen LogP contribution in [0.1, 0.15) is 43.5 Å². The minimum absolute atomic E-state index is 0.0222. The van der Waals surface area contributed by atoms with Gasteiger partial charge in [0.25, 0.3) is 0 Å². The van der Waals surface area contributed by atoms with Crippen LogP contribution in [-0.2, 0) is 6.54 Å². The number of aryl methyl sites for hydroxylation is 1. The van der Waals surface area contributed by atoms with Crippen LogP contribution in [0.15, 0.2) is 36.5 Å². The van der Waals surface area contributed by atoms with Crippen LogP contribution in [0.2, 0.25) is 5.02 Å². The first kappa shape index (κ1) is 14.1. The number of aliphatic hydroxyl groups is 1. The maximum absolute atomic E-state index is 10.6. The van der Waals surface area contributed by atoms with Crippen molar-refractivity contribution in [3.63, 3.8) is 0 Å². The molecule has 102 valence electrons. The van der Waals surface area contributed by atoms with E-state index in [1.54, 1.807) is 10.9 Å². The van der Waals surface area contributed by atoms with Gasteiger partial charge in [0.2, 0.25) is 0 Å². The molecule has 0 fully saturated rings. The highest BCUT2D eigenvalue weighted by Gasteiger charge is 2.24. The molecule has 0 amide bonds. The minimum Gasteiger partial charge on any atom is -0.386 e. The monoisotopic (exact) mass is 278 g/mol. The van der Waals surface area contributed by atoms with Crippen LogP contribution in [0.4, 0.5) is 0 Å². The van der Waals surface area contributed by atoms with E-state index in [0.29, 0.717) is 10.7 Å². The van der Waals surface area contributed by atoms with Gasteiger partial charge < -0.3 is 5.11 Å². The lowest BCUT2D eigenvalue weighted by Crippen LogP contribution is -2.14. The SMILES string of the molecule is CCCn1ncc(Cl)c1C(O)C(C)c1ccccc1. The highest BCUT2D eigenvalue weighted by Crippen LogP contribution is 2.34. The number of nitrogens with zero attached hydrogens (tertiary/aromatic N) is 2. The molecule has 2 atom stereocenters. The first-order valence-corrected chi connectivity index (χ1v) is 6.97. The van der Waals surface area contributed by atoms with Crippen molar-refractivity contribution in [2.24, 2.45) is 0 Å². The zero-order valence-corrected chi connectivity index (χ0v) is 12.0. The van der Waals surface area contributed by atoms with Gasteiger partial charge in [0.05, 0.1) is 16.9 Å². The Labute approximate surface area is 118 Å². The fourth-order valence-corrected chi connectivity index (χ4v) is 2.48. The average molecular weight is 279 g/mol. The van der Waals surface area contributed by atoms with Gasteiger partial charge in [0.1, 0.15) is 6.10 Å². The number of aromatic nitrogens is 2. The zero-order valence-electron chi connectivity index (χ0n) is 11.3. The molecule has 1 aromatic carbocycles. The number of benzene rings is 1. The van der Waals surface area contributed by atoms with Gasteiger partial charge in [-0.25, -0.2) is 0 Å². The van der Waals surface area contributed by atoms with Crippen molar-refractivity contribution >= 4 is 11.6 Å². The summed E-state index contributed by atoms with van der Waals surface area (Å²) in [5.74, 6) is -0.0222. The summed E-state index contributed by atoms with van der Waals surface area (Å²) in [5.41, 5.74) is 1.80. The molecule has 0 bridgehead atoms. The molecule has 1 aromatic heterocycles. The number of hydrogen-bond acceptors (Lipinski definition) is 2. The van der Waals surface area contributed by atoms with Gasteiger partial charge in [-0.1, -0.05) is 55.8 Å². The summed E-state index contributed by atoms with van der Waals surface area (Å²) in [6.45, 7) is 4.84. The van der Waals surface area contributed by atoms with Crippen LogP contribution in [0.25, 0.3) is 0 Å². The van der Waals surface area contributed by atoms with E-state index >= 15 is 0 Å². The highest BCUT2D eigenvalue weighted by molar-refractivity contribution is 6.31. The number of aliphatic hydroxyl groups excluding tert-OH is 1. The fraction of sp³-hybridized carbons (Fsp3) is 0.400. The lowest BCUT2D eigenvalue weighted by molar-refractivity contribution is 0.141. The van der Waals surface area contributed by atoms with Gasteiger partial charge in [-0.3, -0.25) is 4.68 Å². The Morgan fingerprint density at radius 1 is 1.32 bits per heavy atom. The van der Waals surface area contributed by atoms with Crippen LogP contribution < -0.4 is 0 Å². The molecule has 0 radical (unpaired) electrons. The Morgan fingerprint density at radius 3 is 2.63 bits per heavy atom. The largest absolute Gasteiger partial charge is 0.386 e. The predicted octanol–water partition coefficient (Wildman–Crippen LogP) is 3.78. The Bertz CT molecular complexity index is 524. The van der Waals surface area contributed by atoms with E-state index in [-0.39, 0.29) is 5.92 Å². The van der Waals surface area contributed by atoms with Crippen LogP contribution in [0, 0.1) is 0 Å². The summed E-state index contributed by atoms with van der Waals surface area (Å²) in [5, 5.41) is 15.3. The third kappa shape index (κ3) is 2.99. The third-order valence-electron chi connectivity index (χ3n) is 3.35. The van der Waals surface area contributed by atoms with Crippen LogP contribution in [-0.4, -0.2) is 14.9 Å². The number of halogens is 1. The van der Waals surface area contributed by atoms with Gasteiger partial charge in [0.15, 0.2) is 0 Å². The van der Waals surface area contributed by atoms with Crippen LogP contribution >= 0.6 is 11.6 Å². The van der Waals surface area contributed by atoms with Gasteiger partial charge >= 0.3 is 0 Å². The number of hydrogen-bond donors (Lipinski definition) is 1. The first-order chi connectivity index (χ1) is 9.15. The topological polar surface area (TPSA) is 38.0 Å². The molecule has 2 unspecified atom stereocenters. The quantitative estimate of drug-likeness (QED) is 0.904. The summed E-state index contributed by atoms with van der Waals surface area (Å²) in [6, 6.07) is 9.95. The van der Waals surface area contributed by atoms with E-state index in [4.69, 9.17) is 11.6 Å². The van der Waals surface area contributed by atoms with Crippen LogP contribution in [0.5, 0.6) is 0 Å². The highest BCUT2D eigenvalue weighted by atomic mass is 35.5. The first-order valence-electron chi connectivity index (χ1n) is 6.59. The summed E-state index contributed by atoms with van der Waals surface area (Å²) >= 11 is 6.16. The Morgan fingerprint density at radius 2 is 2.00 bits per heavy atom. The molecule has 0 saturated carbocycles. The average Bonchev–Trinajstić information content (AvgIpc) is 2.80. The van der Waals surface area contributed by atoms with Crippen molar-refractivity contribution in [3.05, 3.63) is 52.8 Å². The van der Waals surface area contributed by atoms with Gasteiger partial charge in [0, 0.05) is 12.5 Å². The normalized spacial score (nSPS) is 14.3. The van der Waals surface area contributed by atoms with E-state index in [1.165, 1.54) is 0 Å². The number of rotatable bonds is 5. The summed E-state index contributed by atoms with van der Waals surface area (Å²) in [7, 11) is 0. The summed E-state index contributed by atoms with van der Waals surface area (Å²) in [6.07, 6.45) is 1.91. The predicted molar refractivity (Wildman–Crippen MR) is 77.3 cm³/mol. The Hall–Kier alpha value is -1.32. The van der Waals surface area contributed by atoms with E-state index in [1.807, 2.05) is 37.3 Å². The molecule has 2 rings (SSSR count). The van der Waals surface area contributed by atoms with Crippen molar-refractivity contribution < 1.29 is 5.11 Å². The standard InChI is InChI=1S/C15H19ClN2O/c1-3-9-18-14(13(16)10-17-18)15(19)11(2)12-7-5-4-6-8-12/h4-8,10-11,15,19H,3,9H2,1-2H3. The lowest BCUT2D eigenvalue weighted by Gasteiger charge is -2.21. The second-order valence-corrected chi connectivity index (χ2v) is 5.15. The van der Waals surface area contributed by atoms with E-state index in [2.05, 4.69) is 12.0 Å². The smallest absolute Gasteiger partial charge is 0.104 e. The Balaban J connectivity index is 2.28. The van der Waals surface area contributed by atoms with Crippen molar-refractivity contribution in [3.8, 4) is 0 Å². The third-order valence-corrected chi connectivity index (χ3v) is 3.64. The molecular formula is C15H19ClN2O. The molecule has 1 heterocycles. The molecule has 0 aliphatic rings. The molecule has 0 spiro atoms. The zero-order chi connectivity index (χ0) is 13.8. The van der Waals surface area contributed by atoms with Gasteiger partial charge in [-0.2, -0.15) is 5.10 Å². The van der Waals surface area contributed by atoms with E-state index in [0.717, 1.165) is 18.5 Å².